The number of nitrogens with zero attached hydrogens (tertiary/aromatic N) is 1. The predicted molar refractivity (Wildman–Crippen MR) is 85.4 cm³/mol. The normalized spacial score (nSPS) is 16.8. The highest BCUT2D eigenvalue weighted by Gasteiger charge is 2.41. The molecule has 0 radical (unpaired) electrons. The second-order valence-corrected chi connectivity index (χ2v) is 6.82. The molecule has 10 heteroatoms. The number of hydrogen-bond donors (Lipinski definition) is 0. The fourth-order valence-corrected chi connectivity index (χ4v) is 3.17. The van der Waals surface area contributed by atoms with Crippen molar-refractivity contribution in [2.45, 2.75) is 25.2 Å². The molecule has 3 nitrogen and oxygen atoms in total. The van der Waals surface area contributed by atoms with E-state index in [-0.39, 0.29) is 37.2 Å². The summed E-state index contributed by atoms with van der Waals surface area (Å²) >= 11 is 1.74. The third kappa shape index (κ3) is 5.65. The topological polar surface area (TPSA) is 29.5 Å². The van der Waals surface area contributed by atoms with Crippen LogP contribution < -0.4 is 4.74 Å². The van der Waals surface area contributed by atoms with Crippen LogP contribution in [0.15, 0.2) is 18.2 Å². The molecule has 1 heterocycles. The molecule has 0 spiro atoms. The van der Waals surface area contributed by atoms with Crippen LogP contribution in [-0.2, 0) is 0 Å². The van der Waals surface area contributed by atoms with Gasteiger partial charge in [-0.3, -0.25) is 4.79 Å². The molecule has 1 aromatic rings. The van der Waals surface area contributed by atoms with Crippen molar-refractivity contribution in [3.63, 3.8) is 0 Å². The van der Waals surface area contributed by atoms with Crippen LogP contribution in [0.3, 0.4) is 0 Å². The molecule has 25 heavy (non-hydrogen) atoms. The minimum absolute atomic E-state index is 0.00802. The van der Waals surface area contributed by atoms with Gasteiger partial charge in [0, 0.05) is 18.7 Å². The van der Waals surface area contributed by atoms with Crippen molar-refractivity contribution < 1.29 is 35.9 Å². The molecular formula is C15H14F6INO2. The summed E-state index contributed by atoms with van der Waals surface area (Å²) in [5.74, 6) is -1.86. The van der Waals surface area contributed by atoms with Crippen molar-refractivity contribution in [3.8, 4) is 5.75 Å². The Hall–Kier alpha value is -1.20. The molecule has 0 unspecified atom stereocenters. The quantitative estimate of drug-likeness (QED) is 0.465. The van der Waals surface area contributed by atoms with E-state index in [1.165, 1.54) is 23.1 Å². The second-order valence-electron chi connectivity index (χ2n) is 5.66. The summed E-state index contributed by atoms with van der Waals surface area (Å²) < 4.78 is 79.4. The van der Waals surface area contributed by atoms with Gasteiger partial charge in [-0.05, 0) is 53.6 Å². The molecule has 140 valence electrons. The molecule has 1 saturated heterocycles. The van der Waals surface area contributed by atoms with Crippen LogP contribution in [0.25, 0.3) is 0 Å². The number of ether oxygens (including phenoxy) is 1. The van der Waals surface area contributed by atoms with E-state index in [0.29, 0.717) is 3.57 Å². The summed E-state index contributed by atoms with van der Waals surface area (Å²) in [6.45, 7) is -1.46. The molecule has 1 aromatic carbocycles. The average molecular weight is 481 g/mol. The lowest BCUT2D eigenvalue weighted by atomic mass is 9.96. The molecule has 2 rings (SSSR count). The third-order valence-electron chi connectivity index (χ3n) is 3.82. The van der Waals surface area contributed by atoms with Gasteiger partial charge in [0.25, 0.3) is 5.91 Å². The van der Waals surface area contributed by atoms with Gasteiger partial charge in [0.2, 0.25) is 0 Å². The van der Waals surface area contributed by atoms with Crippen LogP contribution >= 0.6 is 22.6 Å². The Morgan fingerprint density at radius 1 is 1.16 bits per heavy atom. The number of likely N-dealkylation sites (tertiary alicyclic amines) is 1. The van der Waals surface area contributed by atoms with E-state index in [1.54, 1.807) is 22.6 Å². The number of rotatable bonds is 3. The summed E-state index contributed by atoms with van der Waals surface area (Å²) in [5.41, 5.74) is 0.203. The van der Waals surface area contributed by atoms with Crippen molar-refractivity contribution in [2.75, 3.05) is 19.7 Å². The zero-order valence-electron chi connectivity index (χ0n) is 12.8. The zero-order valence-corrected chi connectivity index (χ0v) is 14.9. The van der Waals surface area contributed by atoms with Crippen LogP contribution in [-0.4, -0.2) is 42.9 Å². The fourth-order valence-electron chi connectivity index (χ4n) is 2.50. The molecule has 0 N–H and O–H groups in total. The molecule has 0 bridgehead atoms. The van der Waals surface area contributed by atoms with Crippen molar-refractivity contribution >= 4 is 28.5 Å². The van der Waals surface area contributed by atoms with Gasteiger partial charge in [-0.1, -0.05) is 0 Å². The molecule has 0 atom stereocenters. The van der Waals surface area contributed by atoms with E-state index in [9.17, 15) is 31.1 Å². The highest BCUT2D eigenvalue weighted by molar-refractivity contribution is 14.1. The largest absolute Gasteiger partial charge is 0.483 e. The molecule has 1 aliphatic rings. The highest BCUT2D eigenvalue weighted by Crippen LogP contribution is 2.34. The lowest BCUT2D eigenvalue weighted by Gasteiger charge is -2.33. The van der Waals surface area contributed by atoms with E-state index >= 15 is 0 Å². The number of carbonyl (C=O) groups is 1. The van der Waals surface area contributed by atoms with E-state index in [1.807, 2.05) is 0 Å². The Kier molecular flexibility index (Phi) is 6.10. The summed E-state index contributed by atoms with van der Waals surface area (Å²) in [6, 6.07) is 3.93. The number of piperidine rings is 1. The first-order valence-electron chi connectivity index (χ1n) is 7.32. The molecule has 1 aliphatic heterocycles. The minimum atomic E-state index is -4.47. The zero-order chi connectivity index (χ0) is 18.8. The van der Waals surface area contributed by atoms with Gasteiger partial charge in [-0.15, -0.1) is 0 Å². The Morgan fingerprint density at radius 2 is 1.76 bits per heavy atom. The van der Waals surface area contributed by atoms with Gasteiger partial charge >= 0.3 is 12.4 Å². The summed E-state index contributed by atoms with van der Waals surface area (Å²) in [6.07, 6.45) is -9.04. The van der Waals surface area contributed by atoms with Crippen molar-refractivity contribution in [1.82, 2.24) is 4.90 Å². The van der Waals surface area contributed by atoms with Gasteiger partial charge in [0.05, 0.1) is 9.49 Å². The van der Waals surface area contributed by atoms with Crippen molar-refractivity contribution in [3.05, 3.63) is 27.3 Å². The maximum atomic E-state index is 12.6. The van der Waals surface area contributed by atoms with Gasteiger partial charge < -0.3 is 9.64 Å². The summed E-state index contributed by atoms with van der Waals surface area (Å²) in [5, 5.41) is 0. The standard InChI is InChI=1S/C15H14F6INO2/c16-14(17,18)8-25-12-2-1-9(7-11(12)22)13(24)23-5-3-10(4-6-23)15(19,20)21/h1-2,7,10H,3-6,8H2. The van der Waals surface area contributed by atoms with Crippen LogP contribution in [0.4, 0.5) is 26.3 Å². The number of hydrogen-bond acceptors (Lipinski definition) is 2. The monoisotopic (exact) mass is 481 g/mol. The molecular weight excluding hydrogens is 467 g/mol. The van der Waals surface area contributed by atoms with Crippen molar-refractivity contribution in [2.24, 2.45) is 5.92 Å². The summed E-state index contributed by atoms with van der Waals surface area (Å²) in [7, 11) is 0. The first-order valence-corrected chi connectivity index (χ1v) is 8.40. The highest BCUT2D eigenvalue weighted by atomic mass is 127. The van der Waals surface area contributed by atoms with Crippen LogP contribution in [0.5, 0.6) is 5.75 Å². The first-order chi connectivity index (χ1) is 11.5. The number of alkyl halides is 6. The lowest BCUT2D eigenvalue weighted by Crippen LogP contribution is -2.42. The van der Waals surface area contributed by atoms with E-state index in [4.69, 9.17) is 0 Å². The van der Waals surface area contributed by atoms with Gasteiger partial charge in [0.15, 0.2) is 6.61 Å². The number of halogens is 7. The number of amides is 1. The number of carbonyl (C=O) groups excluding carboxylic acids is 1. The smallest absolute Gasteiger partial charge is 0.422 e. The fraction of sp³-hybridized carbons (Fsp3) is 0.533. The Morgan fingerprint density at radius 3 is 2.24 bits per heavy atom. The average Bonchev–Trinajstić information content (AvgIpc) is 2.51. The minimum Gasteiger partial charge on any atom is -0.483 e. The second kappa shape index (κ2) is 7.58. The SMILES string of the molecule is O=C(c1ccc(OCC(F)(F)F)c(I)c1)N1CCC(C(F)(F)F)CC1. The van der Waals surface area contributed by atoms with Gasteiger partial charge in [-0.25, -0.2) is 0 Å². The Balaban J connectivity index is 2.00. The van der Waals surface area contributed by atoms with Gasteiger partial charge in [-0.2, -0.15) is 26.3 Å². The maximum absolute atomic E-state index is 12.6. The van der Waals surface area contributed by atoms with Gasteiger partial charge in [0.1, 0.15) is 5.75 Å². The molecule has 1 fully saturated rings. The van der Waals surface area contributed by atoms with Crippen LogP contribution in [0.1, 0.15) is 23.2 Å². The van der Waals surface area contributed by atoms with Crippen molar-refractivity contribution in [1.29, 1.82) is 0 Å². The van der Waals surface area contributed by atoms with E-state index in [0.717, 1.165) is 0 Å². The Bertz CT molecular complexity index is 623. The number of benzene rings is 1. The molecule has 1 amide bonds. The van der Waals surface area contributed by atoms with Crippen LogP contribution in [0, 0.1) is 9.49 Å². The molecule has 0 saturated carbocycles. The van der Waals surface area contributed by atoms with E-state index < -0.39 is 30.8 Å². The molecule has 0 aliphatic carbocycles. The Labute approximate surface area is 153 Å². The van der Waals surface area contributed by atoms with E-state index in [2.05, 4.69) is 4.74 Å². The first kappa shape index (κ1) is 20.1. The molecule has 0 aromatic heterocycles. The van der Waals surface area contributed by atoms with Crippen LogP contribution in [0.2, 0.25) is 0 Å². The third-order valence-corrected chi connectivity index (χ3v) is 4.66. The lowest BCUT2D eigenvalue weighted by molar-refractivity contribution is -0.183. The maximum Gasteiger partial charge on any atom is 0.422 e. The summed E-state index contributed by atoms with van der Waals surface area (Å²) in [4.78, 5) is 13.7. The predicted octanol–water partition coefficient (Wildman–Crippen LogP) is 4.65.